The summed E-state index contributed by atoms with van der Waals surface area (Å²) in [6.07, 6.45) is 0. The van der Waals surface area contributed by atoms with Gasteiger partial charge < -0.3 is 10.2 Å². The van der Waals surface area contributed by atoms with Gasteiger partial charge in [0.25, 0.3) is 0 Å². The summed E-state index contributed by atoms with van der Waals surface area (Å²) in [5.41, 5.74) is 3.74. The molecule has 0 aromatic heterocycles. The molecule has 0 atom stereocenters. The number of anilines is 1. The zero-order valence-electron chi connectivity index (χ0n) is 16.3. The Kier molecular flexibility index (Phi) is 6.42. The molecule has 1 N–H and O–H groups in total. The third-order valence-corrected chi connectivity index (χ3v) is 5.63. The largest absolute Gasteiger partial charge is 0.322 e. The van der Waals surface area contributed by atoms with Crippen molar-refractivity contribution < 1.29 is 4.79 Å². The number of hydrogen-bond acceptors (Lipinski definition) is 2. The number of rotatable bonds is 3. The standard InChI is InChI=1S/C22H28IN3O/c1-22(2,3)18-9-7-17(8-10-18)16-25-11-13-26(14-12-25)21(27)24-20-6-4-5-19(23)15-20/h4-10,15H,11-14,16H2,1-3H3,(H,24,27). The van der Waals surface area contributed by atoms with Gasteiger partial charge in [-0.3, -0.25) is 4.90 Å². The van der Waals surface area contributed by atoms with Gasteiger partial charge in [0.05, 0.1) is 0 Å². The third kappa shape index (κ3) is 5.69. The highest BCUT2D eigenvalue weighted by Crippen LogP contribution is 2.22. The number of piperazine rings is 1. The Morgan fingerprint density at radius 2 is 1.70 bits per heavy atom. The smallest absolute Gasteiger partial charge is 0.321 e. The molecule has 27 heavy (non-hydrogen) atoms. The van der Waals surface area contributed by atoms with Crippen molar-refractivity contribution >= 4 is 34.3 Å². The maximum Gasteiger partial charge on any atom is 0.321 e. The molecule has 1 aliphatic rings. The summed E-state index contributed by atoms with van der Waals surface area (Å²) in [7, 11) is 0. The summed E-state index contributed by atoms with van der Waals surface area (Å²) < 4.78 is 1.12. The van der Waals surface area contributed by atoms with Crippen LogP contribution in [0.3, 0.4) is 0 Å². The topological polar surface area (TPSA) is 35.6 Å². The summed E-state index contributed by atoms with van der Waals surface area (Å²) >= 11 is 2.25. The highest BCUT2D eigenvalue weighted by molar-refractivity contribution is 14.1. The van der Waals surface area contributed by atoms with Gasteiger partial charge >= 0.3 is 6.03 Å². The molecule has 0 radical (unpaired) electrons. The lowest BCUT2D eigenvalue weighted by Gasteiger charge is -2.34. The summed E-state index contributed by atoms with van der Waals surface area (Å²) in [4.78, 5) is 16.8. The lowest BCUT2D eigenvalue weighted by atomic mass is 9.87. The van der Waals surface area contributed by atoms with Gasteiger partial charge in [0.1, 0.15) is 0 Å². The van der Waals surface area contributed by atoms with E-state index in [1.54, 1.807) is 0 Å². The number of nitrogens with zero attached hydrogens (tertiary/aromatic N) is 2. The van der Waals surface area contributed by atoms with E-state index in [0.717, 1.165) is 42.0 Å². The summed E-state index contributed by atoms with van der Waals surface area (Å²) in [6.45, 7) is 11.0. The summed E-state index contributed by atoms with van der Waals surface area (Å²) in [5, 5.41) is 3.00. The highest BCUT2D eigenvalue weighted by atomic mass is 127. The van der Waals surface area contributed by atoms with Crippen molar-refractivity contribution in [1.82, 2.24) is 9.80 Å². The molecule has 1 fully saturated rings. The van der Waals surface area contributed by atoms with Gasteiger partial charge in [0.15, 0.2) is 0 Å². The van der Waals surface area contributed by atoms with Crippen molar-refractivity contribution in [2.45, 2.75) is 32.7 Å². The molecule has 1 heterocycles. The van der Waals surface area contributed by atoms with Gasteiger partial charge in [-0.1, -0.05) is 51.1 Å². The predicted molar refractivity (Wildman–Crippen MR) is 120 cm³/mol. The van der Waals surface area contributed by atoms with Gasteiger partial charge in [0, 0.05) is 42.0 Å². The van der Waals surface area contributed by atoms with Crippen LogP contribution in [-0.2, 0) is 12.0 Å². The first-order valence-corrected chi connectivity index (χ1v) is 10.5. The first-order valence-electron chi connectivity index (χ1n) is 9.44. The highest BCUT2D eigenvalue weighted by Gasteiger charge is 2.21. The first-order chi connectivity index (χ1) is 12.8. The quantitative estimate of drug-likeness (QED) is 0.636. The molecule has 0 spiro atoms. The van der Waals surface area contributed by atoms with Crippen molar-refractivity contribution in [3.8, 4) is 0 Å². The molecule has 0 saturated carbocycles. The van der Waals surface area contributed by atoms with Gasteiger partial charge in [-0.05, 0) is 57.3 Å². The van der Waals surface area contributed by atoms with Crippen LogP contribution in [0, 0.1) is 3.57 Å². The Morgan fingerprint density at radius 1 is 1.04 bits per heavy atom. The van der Waals surface area contributed by atoms with Crippen molar-refractivity contribution in [1.29, 1.82) is 0 Å². The molecule has 1 saturated heterocycles. The Labute approximate surface area is 176 Å². The summed E-state index contributed by atoms with van der Waals surface area (Å²) in [5.74, 6) is 0. The molecule has 144 valence electrons. The van der Waals surface area contributed by atoms with E-state index >= 15 is 0 Å². The van der Waals surface area contributed by atoms with E-state index in [1.807, 2.05) is 29.2 Å². The van der Waals surface area contributed by atoms with E-state index < -0.39 is 0 Å². The monoisotopic (exact) mass is 477 g/mol. The molecule has 5 heteroatoms. The molecule has 2 amide bonds. The van der Waals surface area contributed by atoms with Crippen LogP contribution in [0.25, 0.3) is 0 Å². The molecule has 2 aromatic carbocycles. The third-order valence-electron chi connectivity index (χ3n) is 4.96. The molecule has 2 aromatic rings. The van der Waals surface area contributed by atoms with E-state index in [-0.39, 0.29) is 11.4 Å². The molecule has 3 rings (SSSR count). The number of carbonyl (C=O) groups excluding carboxylic acids is 1. The molecular weight excluding hydrogens is 449 g/mol. The number of amides is 2. The lowest BCUT2D eigenvalue weighted by Crippen LogP contribution is -2.49. The van der Waals surface area contributed by atoms with Crippen molar-refractivity contribution in [2.75, 3.05) is 31.5 Å². The minimum Gasteiger partial charge on any atom is -0.322 e. The van der Waals surface area contributed by atoms with Gasteiger partial charge in [-0.25, -0.2) is 4.79 Å². The molecular formula is C22H28IN3O. The second kappa shape index (κ2) is 8.61. The zero-order chi connectivity index (χ0) is 19.4. The SMILES string of the molecule is CC(C)(C)c1ccc(CN2CCN(C(=O)Nc3cccc(I)c3)CC2)cc1. The fourth-order valence-corrected chi connectivity index (χ4v) is 3.79. The average molecular weight is 477 g/mol. The molecule has 0 unspecified atom stereocenters. The number of hydrogen-bond donors (Lipinski definition) is 1. The molecule has 0 bridgehead atoms. The maximum atomic E-state index is 12.5. The molecule has 0 aliphatic carbocycles. The van der Waals surface area contributed by atoms with Gasteiger partial charge in [0.2, 0.25) is 0 Å². The Hall–Kier alpha value is -1.60. The fourth-order valence-electron chi connectivity index (χ4n) is 3.25. The van der Waals surface area contributed by atoms with Crippen LogP contribution < -0.4 is 5.32 Å². The number of benzene rings is 2. The fraction of sp³-hybridized carbons (Fsp3) is 0.409. The van der Waals surface area contributed by atoms with Crippen LogP contribution in [-0.4, -0.2) is 42.0 Å². The normalized spacial score (nSPS) is 15.6. The van der Waals surface area contributed by atoms with Crippen molar-refractivity contribution in [3.63, 3.8) is 0 Å². The van der Waals surface area contributed by atoms with Crippen molar-refractivity contribution in [3.05, 3.63) is 63.2 Å². The van der Waals surface area contributed by atoms with Crippen molar-refractivity contribution in [2.24, 2.45) is 0 Å². The minimum absolute atomic E-state index is 0.00817. The Morgan fingerprint density at radius 3 is 2.30 bits per heavy atom. The van der Waals surface area contributed by atoms with Crippen LogP contribution in [0.1, 0.15) is 31.9 Å². The lowest BCUT2D eigenvalue weighted by molar-refractivity contribution is 0.143. The van der Waals surface area contributed by atoms with E-state index in [9.17, 15) is 4.79 Å². The number of nitrogens with one attached hydrogen (secondary N) is 1. The van der Waals surface area contributed by atoms with E-state index in [0.29, 0.717) is 0 Å². The number of halogens is 1. The molecule has 1 aliphatic heterocycles. The van der Waals surface area contributed by atoms with Crippen LogP contribution in [0.5, 0.6) is 0 Å². The van der Waals surface area contributed by atoms with Gasteiger partial charge in [-0.15, -0.1) is 0 Å². The second-order valence-electron chi connectivity index (χ2n) is 8.15. The molecule has 4 nitrogen and oxygen atoms in total. The predicted octanol–water partition coefficient (Wildman–Crippen LogP) is 4.94. The Bertz CT molecular complexity index is 775. The number of carbonyl (C=O) groups is 1. The summed E-state index contributed by atoms with van der Waals surface area (Å²) in [6, 6.07) is 16.8. The average Bonchev–Trinajstić information content (AvgIpc) is 2.62. The van der Waals surface area contributed by atoms with Crippen LogP contribution in [0.2, 0.25) is 0 Å². The second-order valence-corrected chi connectivity index (χ2v) is 9.40. The van der Waals surface area contributed by atoms with Crippen LogP contribution >= 0.6 is 22.6 Å². The Balaban J connectivity index is 1.49. The van der Waals surface area contributed by atoms with E-state index in [1.165, 1.54) is 11.1 Å². The van der Waals surface area contributed by atoms with Crippen LogP contribution in [0.4, 0.5) is 10.5 Å². The minimum atomic E-state index is -0.00817. The number of urea groups is 1. The van der Waals surface area contributed by atoms with E-state index in [2.05, 4.69) is 77.8 Å². The van der Waals surface area contributed by atoms with Gasteiger partial charge in [-0.2, -0.15) is 0 Å². The van der Waals surface area contributed by atoms with Crippen LogP contribution in [0.15, 0.2) is 48.5 Å². The first kappa shape index (κ1) is 20.1. The van der Waals surface area contributed by atoms with E-state index in [4.69, 9.17) is 0 Å². The maximum absolute atomic E-state index is 12.5. The zero-order valence-corrected chi connectivity index (χ0v) is 18.5.